The van der Waals surface area contributed by atoms with Gasteiger partial charge in [0.1, 0.15) is 0 Å². The van der Waals surface area contributed by atoms with Gasteiger partial charge in [-0.25, -0.2) is 0 Å². The Labute approximate surface area is 193 Å². The van der Waals surface area contributed by atoms with Gasteiger partial charge in [-0.15, -0.1) is 0 Å². The SMILES string of the molecule is CC/C(=C\C=C\C(O)(CC)CC)c1cccc(CCc2ccc3c(c2)C(O)C(C)C3O)c1. The minimum absolute atomic E-state index is 0.157. The zero-order valence-corrected chi connectivity index (χ0v) is 19.9. The second-order valence-corrected chi connectivity index (χ2v) is 9.13. The number of rotatable bonds is 9. The molecule has 0 amide bonds. The van der Waals surface area contributed by atoms with Crippen molar-refractivity contribution in [3.8, 4) is 0 Å². The number of fused-ring (bicyclic) bond motifs is 1. The minimum Gasteiger partial charge on any atom is -0.388 e. The second kappa shape index (κ2) is 10.6. The maximum Gasteiger partial charge on any atom is 0.0847 e. The molecule has 2 aromatic carbocycles. The summed E-state index contributed by atoms with van der Waals surface area (Å²) in [4.78, 5) is 0. The summed E-state index contributed by atoms with van der Waals surface area (Å²) in [6.07, 6.45) is 8.99. The smallest absolute Gasteiger partial charge is 0.0847 e. The molecule has 0 saturated carbocycles. The normalized spacial score (nSPS) is 21.3. The first-order valence-electron chi connectivity index (χ1n) is 12.0. The van der Waals surface area contributed by atoms with E-state index >= 15 is 0 Å². The van der Waals surface area contributed by atoms with Gasteiger partial charge in [0.25, 0.3) is 0 Å². The summed E-state index contributed by atoms with van der Waals surface area (Å²) >= 11 is 0. The fraction of sp³-hybridized carbons (Fsp3) is 0.448. The molecule has 0 heterocycles. The Morgan fingerprint density at radius 1 is 0.906 bits per heavy atom. The number of allylic oxidation sites excluding steroid dienone is 3. The van der Waals surface area contributed by atoms with Crippen LogP contribution < -0.4 is 0 Å². The highest BCUT2D eigenvalue weighted by Crippen LogP contribution is 2.43. The van der Waals surface area contributed by atoms with Crippen LogP contribution in [-0.2, 0) is 12.8 Å². The zero-order chi connectivity index (χ0) is 23.3. The van der Waals surface area contributed by atoms with E-state index in [1.54, 1.807) is 0 Å². The molecule has 3 unspecified atom stereocenters. The molecule has 32 heavy (non-hydrogen) atoms. The predicted octanol–water partition coefficient (Wildman–Crippen LogP) is 6.09. The Kier molecular flexibility index (Phi) is 8.10. The van der Waals surface area contributed by atoms with Gasteiger partial charge < -0.3 is 15.3 Å². The number of aliphatic hydroxyl groups is 3. The molecule has 1 aliphatic carbocycles. The van der Waals surface area contributed by atoms with Crippen LogP contribution in [0.15, 0.2) is 60.7 Å². The second-order valence-electron chi connectivity index (χ2n) is 9.13. The molecular weight excluding hydrogens is 396 g/mol. The van der Waals surface area contributed by atoms with E-state index in [9.17, 15) is 15.3 Å². The van der Waals surface area contributed by atoms with Gasteiger partial charge in [0.2, 0.25) is 0 Å². The first-order valence-corrected chi connectivity index (χ1v) is 12.0. The number of hydrogen-bond acceptors (Lipinski definition) is 3. The van der Waals surface area contributed by atoms with Crippen molar-refractivity contribution in [1.29, 1.82) is 0 Å². The number of benzene rings is 2. The fourth-order valence-corrected chi connectivity index (χ4v) is 4.51. The lowest BCUT2D eigenvalue weighted by molar-refractivity contribution is 0.0453. The quantitative estimate of drug-likeness (QED) is 0.419. The van der Waals surface area contributed by atoms with E-state index in [0.29, 0.717) is 12.8 Å². The molecule has 3 atom stereocenters. The summed E-state index contributed by atoms with van der Waals surface area (Å²) in [6, 6.07) is 14.8. The first kappa shape index (κ1) is 24.4. The predicted molar refractivity (Wildman–Crippen MR) is 132 cm³/mol. The van der Waals surface area contributed by atoms with Gasteiger partial charge in [-0.3, -0.25) is 0 Å². The summed E-state index contributed by atoms with van der Waals surface area (Å²) in [5.74, 6) is -0.157. The summed E-state index contributed by atoms with van der Waals surface area (Å²) in [6.45, 7) is 8.06. The van der Waals surface area contributed by atoms with Crippen molar-refractivity contribution in [2.45, 2.75) is 77.6 Å². The van der Waals surface area contributed by atoms with Gasteiger partial charge in [-0.05, 0) is 65.5 Å². The molecule has 0 bridgehead atoms. The summed E-state index contributed by atoms with van der Waals surface area (Å²) < 4.78 is 0. The molecule has 3 N–H and O–H groups in total. The highest BCUT2D eigenvalue weighted by molar-refractivity contribution is 5.67. The third kappa shape index (κ3) is 5.40. The van der Waals surface area contributed by atoms with Crippen LogP contribution in [0.4, 0.5) is 0 Å². The minimum atomic E-state index is -0.728. The molecule has 0 saturated heterocycles. The van der Waals surface area contributed by atoms with Crippen LogP contribution in [0, 0.1) is 5.92 Å². The molecule has 3 heteroatoms. The van der Waals surface area contributed by atoms with Crippen LogP contribution in [0.3, 0.4) is 0 Å². The lowest BCUT2D eigenvalue weighted by Crippen LogP contribution is -2.22. The highest BCUT2D eigenvalue weighted by Gasteiger charge is 2.35. The summed E-state index contributed by atoms with van der Waals surface area (Å²) in [7, 11) is 0. The molecule has 0 radical (unpaired) electrons. The summed E-state index contributed by atoms with van der Waals surface area (Å²) in [5.41, 5.74) is 5.93. The van der Waals surface area contributed by atoms with E-state index < -0.39 is 17.8 Å². The van der Waals surface area contributed by atoms with Crippen molar-refractivity contribution < 1.29 is 15.3 Å². The van der Waals surface area contributed by atoms with Crippen molar-refractivity contribution >= 4 is 5.57 Å². The lowest BCUT2D eigenvalue weighted by atomic mass is 9.95. The van der Waals surface area contributed by atoms with Crippen LogP contribution in [-0.4, -0.2) is 20.9 Å². The Balaban J connectivity index is 1.71. The van der Waals surface area contributed by atoms with Crippen LogP contribution in [0.25, 0.3) is 5.57 Å². The molecule has 1 aliphatic rings. The zero-order valence-electron chi connectivity index (χ0n) is 19.9. The van der Waals surface area contributed by atoms with Gasteiger partial charge >= 0.3 is 0 Å². The van der Waals surface area contributed by atoms with E-state index in [1.807, 2.05) is 39.0 Å². The Hall–Kier alpha value is -2.20. The standard InChI is InChI=1S/C29H38O3/c1-5-23(12-9-17-29(32,6-2)7-3)24-11-8-10-21(18-24)13-14-22-15-16-25-26(19-22)28(31)20(4)27(25)30/h8-12,15-20,27-28,30-32H,5-7,13-14H2,1-4H3/b17-9+,23-12+. The molecule has 3 rings (SSSR count). The third-order valence-corrected chi connectivity index (χ3v) is 7.09. The van der Waals surface area contributed by atoms with Gasteiger partial charge in [0.05, 0.1) is 17.8 Å². The van der Waals surface area contributed by atoms with E-state index in [1.165, 1.54) is 22.3 Å². The van der Waals surface area contributed by atoms with Crippen molar-refractivity contribution in [3.05, 3.63) is 88.5 Å². The van der Waals surface area contributed by atoms with Crippen molar-refractivity contribution in [2.24, 2.45) is 5.92 Å². The van der Waals surface area contributed by atoms with Gasteiger partial charge in [0.15, 0.2) is 0 Å². The number of aliphatic hydroxyl groups excluding tert-OH is 2. The van der Waals surface area contributed by atoms with Crippen LogP contribution in [0.1, 0.15) is 87.0 Å². The first-order chi connectivity index (χ1) is 15.3. The van der Waals surface area contributed by atoms with Gasteiger partial charge in [-0.2, -0.15) is 0 Å². The Morgan fingerprint density at radius 3 is 2.22 bits per heavy atom. The molecule has 0 fully saturated rings. The monoisotopic (exact) mass is 434 g/mol. The van der Waals surface area contributed by atoms with E-state index in [-0.39, 0.29) is 5.92 Å². The van der Waals surface area contributed by atoms with Crippen LogP contribution >= 0.6 is 0 Å². The Bertz CT molecular complexity index is 968. The largest absolute Gasteiger partial charge is 0.388 e. The summed E-state index contributed by atoms with van der Waals surface area (Å²) in [5, 5.41) is 31.2. The van der Waals surface area contributed by atoms with E-state index in [0.717, 1.165) is 30.4 Å². The molecule has 0 aromatic heterocycles. The number of hydrogen-bond donors (Lipinski definition) is 3. The molecule has 3 nitrogen and oxygen atoms in total. The van der Waals surface area contributed by atoms with Crippen molar-refractivity contribution in [3.63, 3.8) is 0 Å². The van der Waals surface area contributed by atoms with Gasteiger partial charge in [0, 0.05) is 5.92 Å². The van der Waals surface area contributed by atoms with E-state index in [4.69, 9.17) is 0 Å². The van der Waals surface area contributed by atoms with Crippen LogP contribution in [0.2, 0.25) is 0 Å². The molecular formula is C29H38O3. The van der Waals surface area contributed by atoms with Crippen molar-refractivity contribution in [2.75, 3.05) is 0 Å². The van der Waals surface area contributed by atoms with Crippen LogP contribution in [0.5, 0.6) is 0 Å². The average Bonchev–Trinajstić information content (AvgIpc) is 3.04. The average molecular weight is 435 g/mol. The van der Waals surface area contributed by atoms with Gasteiger partial charge in [-0.1, -0.05) is 88.4 Å². The van der Waals surface area contributed by atoms with Crippen molar-refractivity contribution in [1.82, 2.24) is 0 Å². The maximum absolute atomic E-state index is 10.5. The topological polar surface area (TPSA) is 60.7 Å². The highest BCUT2D eigenvalue weighted by atomic mass is 16.3. The molecule has 172 valence electrons. The van der Waals surface area contributed by atoms with E-state index in [2.05, 4.69) is 49.4 Å². The lowest BCUT2D eigenvalue weighted by Gasteiger charge is -2.20. The molecule has 0 spiro atoms. The number of aryl methyl sites for hydroxylation is 2. The Morgan fingerprint density at radius 2 is 1.56 bits per heavy atom. The fourth-order valence-electron chi connectivity index (χ4n) is 4.51. The maximum atomic E-state index is 10.5. The molecule has 0 aliphatic heterocycles. The molecule has 2 aromatic rings. The third-order valence-electron chi connectivity index (χ3n) is 7.09.